The standard InChI is InChI=1S/C16H34.H2OS/c1-3-5-7-9-11-13-15-16-14-12-10-8-6-4-2;1-2/h3-16H2,1-2H3;1-2H. The second-order valence-corrected chi connectivity index (χ2v) is 5.24. The first-order chi connectivity index (χ1) is 8.91. The van der Waals surface area contributed by atoms with Gasteiger partial charge in [0.05, 0.1) is 0 Å². The van der Waals surface area contributed by atoms with Crippen LogP contribution in [0.4, 0.5) is 0 Å². The van der Waals surface area contributed by atoms with Crippen molar-refractivity contribution in [2.75, 3.05) is 0 Å². The summed E-state index contributed by atoms with van der Waals surface area (Å²) in [5.74, 6) is 0. The maximum Gasteiger partial charge on any atom is -0.0295 e. The van der Waals surface area contributed by atoms with Crippen LogP contribution in [-0.2, 0) is 0 Å². The topological polar surface area (TPSA) is 20.2 Å². The predicted octanol–water partition coefficient (Wildman–Crippen LogP) is 6.88. The Labute approximate surface area is 121 Å². The van der Waals surface area contributed by atoms with Gasteiger partial charge in [-0.2, -0.15) is 0 Å². The van der Waals surface area contributed by atoms with Crippen molar-refractivity contribution in [2.24, 2.45) is 0 Å². The molecule has 18 heavy (non-hydrogen) atoms. The fourth-order valence-electron chi connectivity index (χ4n) is 2.27. The van der Waals surface area contributed by atoms with E-state index in [1.165, 1.54) is 89.9 Å². The average Bonchev–Trinajstić information content (AvgIpc) is 2.42. The summed E-state index contributed by atoms with van der Waals surface area (Å²) in [5.41, 5.74) is 0. The molecule has 1 nitrogen and oxygen atoms in total. The van der Waals surface area contributed by atoms with Crippen LogP contribution < -0.4 is 0 Å². The number of unbranched alkanes of at least 4 members (excludes halogenated alkanes) is 13. The summed E-state index contributed by atoms with van der Waals surface area (Å²) in [4.78, 5) is 0. The number of rotatable bonds is 13. The van der Waals surface area contributed by atoms with E-state index in [0.29, 0.717) is 0 Å². The Morgan fingerprint density at radius 1 is 0.444 bits per heavy atom. The molecule has 0 aliphatic rings. The van der Waals surface area contributed by atoms with E-state index in [9.17, 15) is 0 Å². The van der Waals surface area contributed by atoms with E-state index < -0.39 is 0 Å². The van der Waals surface area contributed by atoms with E-state index in [-0.39, 0.29) is 0 Å². The summed E-state index contributed by atoms with van der Waals surface area (Å²) in [5, 5.41) is 0. The molecule has 0 unspecified atom stereocenters. The Hall–Kier alpha value is 0.310. The van der Waals surface area contributed by atoms with Crippen molar-refractivity contribution >= 4 is 12.9 Å². The lowest BCUT2D eigenvalue weighted by Gasteiger charge is -2.02. The molecule has 0 aliphatic heterocycles. The van der Waals surface area contributed by atoms with Crippen LogP contribution in [-0.4, -0.2) is 4.55 Å². The van der Waals surface area contributed by atoms with Crippen molar-refractivity contribution < 1.29 is 4.55 Å². The third-order valence-electron chi connectivity index (χ3n) is 3.46. The molecular weight excluding hydrogens is 240 g/mol. The van der Waals surface area contributed by atoms with Gasteiger partial charge in [-0.25, -0.2) is 0 Å². The van der Waals surface area contributed by atoms with Gasteiger partial charge in [0, 0.05) is 0 Å². The van der Waals surface area contributed by atoms with Crippen LogP contribution in [0.1, 0.15) is 104 Å². The first-order valence-corrected chi connectivity index (χ1v) is 8.51. The van der Waals surface area contributed by atoms with Gasteiger partial charge < -0.3 is 4.55 Å². The van der Waals surface area contributed by atoms with Gasteiger partial charge in [0.25, 0.3) is 0 Å². The monoisotopic (exact) mass is 276 g/mol. The highest BCUT2D eigenvalue weighted by Crippen LogP contribution is 2.12. The third-order valence-corrected chi connectivity index (χ3v) is 3.46. The quantitative estimate of drug-likeness (QED) is 0.213. The van der Waals surface area contributed by atoms with Crippen LogP contribution in [0.25, 0.3) is 0 Å². The van der Waals surface area contributed by atoms with E-state index in [1.807, 2.05) is 0 Å². The molecule has 0 aromatic rings. The van der Waals surface area contributed by atoms with Gasteiger partial charge >= 0.3 is 0 Å². The molecule has 0 saturated carbocycles. The lowest BCUT2D eigenvalue weighted by Crippen LogP contribution is -1.82. The second-order valence-electron chi connectivity index (χ2n) is 5.24. The summed E-state index contributed by atoms with van der Waals surface area (Å²) < 4.78 is 6.69. The first kappa shape index (κ1) is 20.6. The summed E-state index contributed by atoms with van der Waals surface area (Å²) in [6.45, 7) is 4.58. The molecule has 0 radical (unpaired) electrons. The largest absolute Gasteiger partial charge is 0.333 e. The summed E-state index contributed by atoms with van der Waals surface area (Å²) in [6, 6.07) is 0. The van der Waals surface area contributed by atoms with Gasteiger partial charge in [0.2, 0.25) is 0 Å². The van der Waals surface area contributed by atoms with Crippen LogP contribution in [0.2, 0.25) is 0 Å². The molecule has 112 valence electrons. The van der Waals surface area contributed by atoms with Crippen molar-refractivity contribution in [3.8, 4) is 0 Å². The molecule has 0 amide bonds. The van der Waals surface area contributed by atoms with Gasteiger partial charge in [-0.05, 0) is 12.9 Å². The second kappa shape index (κ2) is 22.5. The van der Waals surface area contributed by atoms with Crippen LogP contribution >= 0.6 is 12.9 Å². The Bertz CT molecular complexity index is 104. The molecule has 0 aromatic carbocycles. The molecule has 0 aliphatic carbocycles. The van der Waals surface area contributed by atoms with Crippen LogP contribution in [0, 0.1) is 0 Å². The minimum atomic E-state index is 1.37. The smallest absolute Gasteiger partial charge is 0.0295 e. The molecule has 0 atom stereocenters. The Balaban J connectivity index is 0. The molecule has 0 bridgehead atoms. The molecule has 2 heteroatoms. The molecule has 0 spiro atoms. The van der Waals surface area contributed by atoms with Gasteiger partial charge in [-0.3, -0.25) is 0 Å². The fourth-order valence-corrected chi connectivity index (χ4v) is 2.27. The maximum atomic E-state index is 6.69. The zero-order valence-corrected chi connectivity index (χ0v) is 13.7. The summed E-state index contributed by atoms with van der Waals surface area (Å²) in [7, 11) is 0. The first-order valence-electron chi connectivity index (χ1n) is 8.11. The highest BCUT2D eigenvalue weighted by Gasteiger charge is 1.92. The van der Waals surface area contributed by atoms with Crippen LogP contribution in [0.15, 0.2) is 0 Å². The van der Waals surface area contributed by atoms with Crippen LogP contribution in [0.5, 0.6) is 0 Å². The van der Waals surface area contributed by atoms with Gasteiger partial charge in [-0.1, -0.05) is 104 Å². The van der Waals surface area contributed by atoms with Crippen molar-refractivity contribution in [1.29, 1.82) is 0 Å². The highest BCUT2D eigenvalue weighted by molar-refractivity contribution is 7.74. The summed E-state index contributed by atoms with van der Waals surface area (Å²) in [6.07, 6.45) is 20.4. The lowest BCUT2D eigenvalue weighted by atomic mass is 10.0. The fraction of sp³-hybridized carbons (Fsp3) is 1.00. The third kappa shape index (κ3) is 21.6. The Morgan fingerprint density at radius 3 is 0.778 bits per heavy atom. The van der Waals surface area contributed by atoms with E-state index in [2.05, 4.69) is 26.8 Å². The Morgan fingerprint density at radius 2 is 0.611 bits per heavy atom. The SMILES string of the molecule is CCCCCCCCCCCCCCCC.OS. The van der Waals surface area contributed by atoms with Crippen molar-refractivity contribution in [1.82, 2.24) is 0 Å². The lowest BCUT2D eigenvalue weighted by molar-refractivity contribution is 0.538. The van der Waals surface area contributed by atoms with Gasteiger partial charge in [-0.15, -0.1) is 0 Å². The predicted molar refractivity (Wildman–Crippen MR) is 87.6 cm³/mol. The zero-order valence-electron chi connectivity index (χ0n) is 12.8. The molecule has 0 fully saturated rings. The van der Waals surface area contributed by atoms with Crippen molar-refractivity contribution in [3.05, 3.63) is 0 Å². The summed E-state index contributed by atoms with van der Waals surface area (Å²) >= 11 is 2.53. The van der Waals surface area contributed by atoms with Crippen molar-refractivity contribution in [3.63, 3.8) is 0 Å². The van der Waals surface area contributed by atoms with E-state index in [4.69, 9.17) is 4.55 Å². The molecule has 0 saturated heterocycles. The minimum absolute atomic E-state index is 1.37. The minimum Gasteiger partial charge on any atom is -0.333 e. The van der Waals surface area contributed by atoms with E-state index >= 15 is 0 Å². The van der Waals surface area contributed by atoms with E-state index in [1.54, 1.807) is 0 Å². The molecule has 0 heterocycles. The molecular formula is C16H36OS. The number of hydrogen-bond acceptors (Lipinski definition) is 2. The molecule has 1 N–H and O–H groups in total. The number of thiol groups is 1. The average molecular weight is 277 g/mol. The molecule has 0 rings (SSSR count). The maximum absolute atomic E-state index is 6.69. The highest BCUT2D eigenvalue weighted by atomic mass is 32.1. The normalized spacial score (nSPS) is 10.0. The van der Waals surface area contributed by atoms with Gasteiger partial charge in [0.1, 0.15) is 0 Å². The van der Waals surface area contributed by atoms with Gasteiger partial charge in [0.15, 0.2) is 0 Å². The number of hydrogen-bond donors (Lipinski definition) is 2. The zero-order chi connectivity index (χ0) is 13.9. The molecule has 0 aromatic heterocycles. The van der Waals surface area contributed by atoms with Crippen molar-refractivity contribution in [2.45, 2.75) is 104 Å². The Kier molecular flexibility index (Phi) is 25.8. The van der Waals surface area contributed by atoms with E-state index in [0.717, 1.165) is 0 Å². The van der Waals surface area contributed by atoms with Crippen LogP contribution in [0.3, 0.4) is 0 Å².